The van der Waals surface area contributed by atoms with Gasteiger partial charge in [-0.05, 0) is 55.8 Å². The van der Waals surface area contributed by atoms with Crippen molar-refractivity contribution in [3.63, 3.8) is 0 Å². The summed E-state index contributed by atoms with van der Waals surface area (Å²) in [7, 11) is 0. The zero-order valence-corrected chi connectivity index (χ0v) is 12.9. The number of benzene rings is 1. The molecule has 1 aliphatic heterocycles. The van der Waals surface area contributed by atoms with Gasteiger partial charge in [-0.3, -0.25) is 0 Å². The van der Waals surface area contributed by atoms with Gasteiger partial charge in [-0.1, -0.05) is 28.1 Å². The van der Waals surface area contributed by atoms with E-state index in [-0.39, 0.29) is 5.41 Å². The molecule has 0 aromatic heterocycles. The highest BCUT2D eigenvalue weighted by Gasteiger charge is 2.34. The second-order valence-electron chi connectivity index (χ2n) is 5.98. The molecule has 1 saturated heterocycles. The number of ether oxygens (including phenoxy) is 1. The van der Waals surface area contributed by atoms with Crippen LogP contribution in [0.5, 0.6) is 0 Å². The third kappa shape index (κ3) is 3.39. The Bertz CT molecular complexity index is 425. The van der Waals surface area contributed by atoms with Crippen molar-refractivity contribution in [2.24, 2.45) is 5.92 Å². The van der Waals surface area contributed by atoms with E-state index < -0.39 is 0 Å². The van der Waals surface area contributed by atoms with E-state index in [0.717, 1.165) is 38.5 Å². The molecule has 1 aliphatic carbocycles. The third-order valence-electron chi connectivity index (χ3n) is 4.48. The first-order valence-electron chi connectivity index (χ1n) is 7.33. The molecule has 2 fully saturated rings. The molecule has 1 saturated carbocycles. The van der Waals surface area contributed by atoms with E-state index in [2.05, 4.69) is 45.5 Å². The lowest BCUT2D eigenvalue weighted by Crippen LogP contribution is -2.43. The molecule has 1 heterocycles. The normalized spacial score (nSPS) is 22.4. The Labute approximate surface area is 124 Å². The molecule has 0 radical (unpaired) electrons. The highest BCUT2D eigenvalue weighted by atomic mass is 79.9. The lowest BCUT2D eigenvalue weighted by atomic mass is 9.74. The van der Waals surface area contributed by atoms with Crippen molar-refractivity contribution in [2.45, 2.75) is 31.1 Å². The molecule has 2 aliphatic rings. The Morgan fingerprint density at radius 1 is 1.26 bits per heavy atom. The van der Waals surface area contributed by atoms with Gasteiger partial charge < -0.3 is 10.1 Å². The van der Waals surface area contributed by atoms with Crippen molar-refractivity contribution in [3.05, 3.63) is 34.3 Å². The Morgan fingerprint density at radius 2 is 2.05 bits per heavy atom. The lowest BCUT2D eigenvalue weighted by Gasteiger charge is -2.38. The number of hydrogen-bond acceptors (Lipinski definition) is 2. The summed E-state index contributed by atoms with van der Waals surface area (Å²) in [6.45, 7) is 4.05. The minimum Gasteiger partial charge on any atom is -0.381 e. The summed E-state index contributed by atoms with van der Waals surface area (Å²) in [6, 6.07) is 8.81. The standard InChI is InChI=1S/C16H22BrNO/c17-15-3-1-2-14(10-15)16(6-8-19-9-7-16)12-18-11-13-4-5-13/h1-3,10,13,18H,4-9,11-12H2. The number of rotatable bonds is 5. The van der Waals surface area contributed by atoms with Crippen molar-refractivity contribution in [1.82, 2.24) is 5.32 Å². The van der Waals surface area contributed by atoms with Crippen LogP contribution in [0.2, 0.25) is 0 Å². The topological polar surface area (TPSA) is 21.3 Å². The Balaban J connectivity index is 1.74. The minimum atomic E-state index is 0.261. The first-order chi connectivity index (χ1) is 9.28. The Morgan fingerprint density at radius 3 is 2.74 bits per heavy atom. The van der Waals surface area contributed by atoms with Crippen molar-refractivity contribution in [2.75, 3.05) is 26.3 Å². The van der Waals surface area contributed by atoms with E-state index in [0.29, 0.717) is 0 Å². The summed E-state index contributed by atoms with van der Waals surface area (Å²) >= 11 is 3.60. The van der Waals surface area contributed by atoms with Crippen LogP contribution in [0.1, 0.15) is 31.2 Å². The molecule has 0 unspecified atom stereocenters. The van der Waals surface area contributed by atoms with E-state index in [1.54, 1.807) is 0 Å². The molecule has 0 atom stereocenters. The molecule has 0 spiro atoms. The SMILES string of the molecule is Brc1cccc(C2(CNCC3CC3)CCOCC2)c1. The van der Waals surface area contributed by atoms with Gasteiger partial charge >= 0.3 is 0 Å². The predicted molar refractivity (Wildman–Crippen MR) is 81.5 cm³/mol. The second kappa shape index (κ2) is 5.94. The van der Waals surface area contributed by atoms with Crippen LogP contribution in [0.15, 0.2) is 28.7 Å². The van der Waals surface area contributed by atoms with Gasteiger partial charge in [0.1, 0.15) is 0 Å². The van der Waals surface area contributed by atoms with Gasteiger partial charge in [-0.15, -0.1) is 0 Å². The molecule has 0 amide bonds. The summed E-state index contributed by atoms with van der Waals surface area (Å²) in [5.74, 6) is 0.944. The Kier molecular flexibility index (Phi) is 4.25. The molecule has 3 rings (SSSR count). The molecule has 2 nitrogen and oxygen atoms in total. The molecule has 0 bridgehead atoms. The molecule has 1 aromatic carbocycles. The lowest BCUT2D eigenvalue weighted by molar-refractivity contribution is 0.0498. The van der Waals surface area contributed by atoms with E-state index in [9.17, 15) is 0 Å². The van der Waals surface area contributed by atoms with Gasteiger partial charge in [0, 0.05) is 29.6 Å². The van der Waals surface area contributed by atoms with Crippen LogP contribution in [0, 0.1) is 5.92 Å². The van der Waals surface area contributed by atoms with Crippen LogP contribution < -0.4 is 5.32 Å². The Hall–Kier alpha value is -0.380. The summed E-state index contributed by atoms with van der Waals surface area (Å²) in [5.41, 5.74) is 1.71. The maximum atomic E-state index is 5.58. The molecular weight excluding hydrogens is 302 g/mol. The van der Waals surface area contributed by atoms with Gasteiger partial charge in [0.05, 0.1) is 0 Å². The van der Waals surface area contributed by atoms with Gasteiger partial charge in [-0.25, -0.2) is 0 Å². The highest BCUT2D eigenvalue weighted by Crippen LogP contribution is 2.36. The van der Waals surface area contributed by atoms with E-state index in [4.69, 9.17) is 4.74 Å². The average Bonchev–Trinajstić information content (AvgIpc) is 3.24. The monoisotopic (exact) mass is 323 g/mol. The number of halogens is 1. The largest absolute Gasteiger partial charge is 0.381 e. The first kappa shape index (κ1) is 13.6. The minimum absolute atomic E-state index is 0.261. The maximum Gasteiger partial charge on any atom is 0.0475 e. The fourth-order valence-corrected chi connectivity index (χ4v) is 3.38. The molecule has 104 valence electrons. The van der Waals surface area contributed by atoms with E-state index >= 15 is 0 Å². The second-order valence-corrected chi connectivity index (χ2v) is 6.89. The number of hydrogen-bond donors (Lipinski definition) is 1. The fraction of sp³-hybridized carbons (Fsp3) is 0.625. The van der Waals surface area contributed by atoms with Crippen molar-refractivity contribution >= 4 is 15.9 Å². The molecule has 1 N–H and O–H groups in total. The summed E-state index contributed by atoms with van der Waals surface area (Å²) in [6.07, 6.45) is 5.09. The quantitative estimate of drug-likeness (QED) is 0.895. The van der Waals surface area contributed by atoms with Gasteiger partial charge in [0.15, 0.2) is 0 Å². The van der Waals surface area contributed by atoms with Gasteiger partial charge in [0.25, 0.3) is 0 Å². The molecule has 1 aromatic rings. The van der Waals surface area contributed by atoms with Crippen molar-refractivity contribution in [3.8, 4) is 0 Å². The van der Waals surface area contributed by atoms with Crippen molar-refractivity contribution < 1.29 is 4.74 Å². The van der Waals surface area contributed by atoms with Crippen LogP contribution in [-0.2, 0) is 10.2 Å². The molecule has 19 heavy (non-hydrogen) atoms. The van der Waals surface area contributed by atoms with Crippen LogP contribution in [-0.4, -0.2) is 26.3 Å². The van der Waals surface area contributed by atoms with E-state index in [1.165, 1.54) is 29.4 Å². The van der Waals surface area contributed by atoms with Crippen LogP contribution in [0.25, 0.3) is 0 Å². The van der Waals surface area contributed by atoms with Crippen molar-refractivity contribution in [1.29, 1.82) is 0 Å². The van der Waals surface area contributed by atoms with Gasteiger partial charge in [0.2, 0.25) is 0 Å². The maximum absolute atomic E-state index is 5.58. The zero-order valence-electron chi connectivity index (χ0n) is 11.3. The van der Waals surface area contributed by atoms with Crippen LogP contribution in [0.4, 0.5) is 0 Å². The summed E-state index contributed by atoms with van der Waals surface area (Å²) < 4.78 is 6.76. The number of nitrogens with one attached hydrogen (secondary N) is 1. The predicted octanol–water partition coefficient (Wildman–Crippen LogP) is 3.50. The fourth-order valence-electron chi connectivity index (χ4n) is 2.99. The summed E-state index contributed by atoms with van der Waals surface area (Å²) in [4.78, 5) is 0. The smallest absolute Gasteiger partial charge is 0.0475 e. The van der Waals surface area contributed by atoms with Crippen LogP contribution >= 0.6 is 15.9 Å². The average molecular weight is 324 g/mol. The van der Waals surface area contributed by atoms with Crippen LogP contribution in [0.3, 0.4) is 0 Å². The van der Waals surface area contributed by atoms with Gasteiger partial charge in [-0.2, -0.15) is 0 Å². The van der Waals surface area contributed by atoms with E-state index in [1.807, 2.05) is 0 Å². The zero-order chi connectivity index (χ0) is 13.1. The first-order valence-corrected chi connectivity index (χ1v) is 8.12. The molecular formula is C16H22BrNO. The molecule has 3 heteroatoms. The third-order valence-corrected chi connectivity index (χ3v) is 4.97. The highest BCUT2D eigenvalue weighted by molar-refractivity contribution is 9.10. The summed E-state index contributed by atoms with van der Waals surface area (Å²) in [5, 5.41) is 3.70.